The van der Waals surface area contributed by atoms with Crippen LogP contribution in [-0.2, 0) is 11.3 Å². The average molecular weight is 399 g/mol. The first-order valence-corrected chi connectivity index (χ1v) is 9.29. The second-order valence-electron chi connectivity index (χ2n) is 6.26. The van der Waals surface area contributed by atoms with Gasteiger partial charge in [0.2, 0.25) is 0 Å². The summed E-state index contributed by atoms with van der Waals surface area (Å²) in [6, 6.07) is 25.8. The number of anilines is 1. The number of methoxy groups -OCH3 is 1. The van der Waals surface area contributed by atoms with E-state index in [1.807, 2.05) is 60.7 Å². The van der Waals surface area contributed by atoms with E-state index in [1.165, 1.54) is 6.20 Å². The van der Waals surface area contributed by atoms with Crippen LogP contribution >= 0.6 is 0 Å². The Morgan fingerprint density at radius 3 is 2.33 bits per heavy atom. The number of nitriles is 1. The zero-order chi connectivity index (χ0) is 21.2. The number of nitrogens with zero attached hydrogens (tertiary/aromatic N) is 1. The number of ether oxygens (including phenoxy) is 2. The summed E-state index contributed by atoms with van der Waals surface area (Å²) >= 11 is 0. The SMILES string of the molecule is COc1ccccc1CN/C=C(/C#N)C(=O)Nc1ccc(Oc2ccccc2)cc1. The van der Waals surface area contributed by atoms with E-state index < -0.39 is 5.91 Å². The van der Waals surface area contributed by atoms with Crippen LogP contribution < -0.4 is 20.1 Å². The number of hydrogen-bond donors (Lipinski definition) is 2. The monoisotopic (exact) mass is 399 g/mol. The minimum absolute atomic E-state index is 0.0329. The molecule has 1 amide bonds. The number of amides is 1. The molecule has 30 heavy (non-hydrogen) atoms. The Morgan fingerprint density at radius 1 is 0.967 bits per heavy atom. The minimum atomic E-state index is -0.498. The minimum Gasteiger partial charge on any atom is -0.496 e. The van der Waals surface area contributed by atoms with Gasteiger partial charge in [0.15, 0.2) is 0 Å². The van der Waals surface area contributed by atoms with Crippen molar-refractivity contribution >= 4 is 11.6 Å². The molecule has 0 aromatic heterocycles. The highest BCUT2D eigenvalue weighted by molar-refractivity contribution is 6.06. The molecule has 0 saturated heterocycles. The summed E-state index contributed by atoms with van der Waals surface area (Å²) in [6.45, 7) is 0.425. The maximum Gasteiger partial charge on any atom is 0.267 e. The molecule has 2 N–H and O–H groups in total. The van der Waals surface area contributed by atoms with Crippen molar-refractivity contribution in [2.24, 2.45) is 0 Å². The summed E-state index contributed by atoms with van der Waals surface area (Å²) in [5.74, 6) is 1.61. The smallest absolute Gasteiger partial charge is 0.267 e. The van der Waals surface area contributed by atoms with E-state index in [0.717, 1.165) is 17.1 Å². The van der Waals surface area contributed by atoms with Gasteiger partial charge >= 0.3 is 0 Å². The normalized spacial score (nSPS) is 10.6. The highest BCUT2D eigenvalue weighted by Gasteiger charge is 2.10. The third-order valence-electron chi connectivity index (χ3n) is 4.19. The van der Waals surface area contributed by atoms with E-state index in [9.17, 15) is 10.1 Å². The summed E-state index contributed by atoms with van der Waals surface area (Å²) in [5, 5.41) is 15.0. The molecule has 6 nitrogen and oxygen atoms in total. The van der Waals surface area contributed by atoms with Gasteiger partial charge in [-0.3, -0.25) is 4.79 Å². The van der Waals surface area contributed by atoms with Crippen molar-refractivity contribution in [3.63, 3.8) is 0 Å². The molecule has 0 heterocycles. The van der Waals surface area contributed by atoms with Gasteiger partial charge in [-0.1, -0.05) is 36.4 Å². The fraction of sp³-hybridized carbons (Fsp3) is 0.0833. The molecule has 0 aliphatic carbocycles. The molecule has 0 radical (unpaired) electrons. The number of rotatable bonds is 8. The topological polar surface area (TPSA) is 83.4 Å². The van der Waals surface area contributed by atoms with Crippen molar-refractivity contribution < 1.29 is 14.3 Å². The molecular formula is C24H21N3O3. The van der Waals surface area contributed by atoms with E-state index in [4.69, 9.17) is 9.47 Å². The molecule has 0 aliphatic heterocycles. The Morgan fingerprint density at radius 2 is 1.63 bits per heavy atom. The summed E-state index contributed by atoms with van der Waals surface area (Å²) in [4.78, 5) is 12.4. The van der Waals surface area contributed by atoms with Gasteiger partial charge in [-0.2, -0.15) is 5.26 Å². The van der Waals surface area contributed by atoms with Gasteiger partial charge in [0.05, 0.1) is 7.11 Å². The van der Waals surface area contributed by atoms with Gasteiger partial charge in [0.25, 0.3) is 5.91 Å². The zero-order valence-corrected chi connectivity index (χ0v) is 16.5. The summed E-state index contributed by atoms with van der Waals surface area (Å²) < 4.78 is 11.0. The third-order valence-corrected chi connectivity index (χ3v) is 4.19. The van der Waals surface area contributed by atoms with Crippen LogP contribution in [0.25, 0.3) is 0 Å². The number of carbonyl (C=O) groups excluding carboxylic acids is 1. The van der Waals surface area contributed by atoms with Crippen molar-refractivity contribution in [1.82, 2.24) is 5.32 Å². The van der Waals surface area contributed by atoms with Crippen molar-refractivity contribution in [3.05, 3.63) is 96.2 Å². The Bertz CT molecular complexity index is 1060. The second kappa shape index (κ2) is 10.3. The van der Waals surface area contributed by atoms with Crippen molar-refractivity contribution in [3.8, 4) is 23.3 Å². The van der Waals surface area contributed by atoms with Crippen LogP contribution in [0.15, 0.2) is 90.6 Å². The Balaban J connectivity index is 1.58. The van der Waals surface area contributed by atoms with Crippen LogP contribution in [0.3, 0.4) is 0 Å². The molecule has 0 saturated carbocycles. The van der Waals surface area contributed by atoms with Crippen LogP contribution in [0.4, 0.5) is 5.69 Å². The van der Waals surface area contributed by atoms with Gasteiger partial charge in [0.1, 0.15) is 28.9 Å². The summed E-state index contributed by atoms with van der Waals surface area (Å²) in [7, 11) is 1.60. The first-order chi connectivity index (χ1) is 14.7. The highest BCUT2D eigenvalue weighted by Crippen LogP contribution is 2.23. The van der Waals surface area contributed by atoms with E-state index >= 15 is 0 Å². The lowest BCUT2D eigenvalue weighted by Gasteiger charge is -2.09. The number of carbonyl (C=O) groups is 1. The predicted octanol–water partition coefficient (Wildman–Crippen LogP) is 4.62. The first kappa shape index (κ1) is 20.5. The number of hydrogen-bond acceptors (Lipinski definition) is 5. The fourth-order valence-electron chi connectivity index (χ4n) is 2.69. The predicted molar refractivity (Wildman–Crippen MR) is 115 cm³/mol. The lowest BCUT2D eigenvalue weighted by Crippen LogP contribution is -2.16. The lowest BCUT2D eigenvalue weighted by atomic mass is 10.2. The Hall–Kier alpha value is -4.24. The van der Waals surface area contributed by atoms with Gasteiger partial charge in [0, 0.05) is 24.0 Å². The summed E-state index contributed by atoms with van der Waals surface area (Å²) in [5.41, 5.74) is 1.45. The highest BCUT2D eigenvalue weighted by atomic mass is 16.5. The summed E-state index contributed by atoms with van der Waals surface area (Å²) in [6.07, 6.45) is 1.40. The molecule has 3 aromatic rings. The second-order valence-corrected chi connectivity index (χ2v) is 6.26. The van der Waals surface area contributed by atoms with Gasteiger partial charge in [-0.05, 0) is 42.5 Å². The molecule has 0 aliphatic rings. The van der Waals surface area contributed by atoms with Crippen LogP contribution in [0.5, 0.6) is 17.2 Å². The molecule has 0 bridgehead atoms. The molecule has 3 rings (SSSR count). The zero-order valence-electron chi connectivity index (χ0n) is 16.5. The van der Waals surface area contributed by atoms with Gasteiger partial charge in [-0.15, -0.1) is 0 Å². The van der Waals surface area contributed by atoms with Gasteiger partial charge in [-0.25, -0.2) is 0 Å². The third kappa shape index (κ3) is 5.63. The molecule has 0 fully saturated rings. The quantitative estimate of drug-likeness (QED) is 0.426. The van der Waals surface area contributed by atoms with Crippen molar-refractivity contribution in [2.75, 3.05) is 12.4 Å². The van der Waals surface area contributed by atoms with E-state index in [-0.39, 0.29) is 5.57 Å². The van der Waals surface area contributed by atoms with Crippen LogP contribution in [0, 0.1) is 11.3 Å². The van der Waals surface area contributed by atoms with Crippen molar-refractivity contribution in [2.45, 2.75) is 6.54 Å². The van der Waals surface area contributed by atoms with Crippen molar-refractivity contribution in [1.29, 1.82) is 5.26 Å². The van der Waals surface area contributed by atoms with E-state index in [2.05, 4.69) is 10.6 Å². The molecule has 6 heteroatoms. The maximum atomic E-state index is 12.4. The van der Waals surface area contributed by atoms with Gasteiger partial charge < -0.3 is 20.1 Å². The lowest BCUT2D eigenvalue weighted by molar-refractivity contribution is -0.112. The van der Waals surface area contributed by atoms with E-state index in [1.54, 1.807) is 31.4 Å². The molecule has 0 unspecified atom stereocenters. The molecule has 0 spiro atoms. The number of para-hydroxylation sites is 2. The largest absolute Gasteiger partial charge is 0.496 e. The Kier molecular flexibility index (Phi) is 7.07. The molecule has 150 valence electrons. The van der Waals surface area contributed by atoms with Crippen LogP contribution in [0.2, 0.25) is 0 Å². The molecule has 3 aromatic carbocycles. The average Bonchev–Trinajstić information content (AvgIpc) is 2.79. The fourth-order valence-corrected chi connectivity index (χ4v) is 2.69. The molecular weight excluding hydrogens is 378 g/mol. The molecule has 0 atom stereocenters. The standard InChI is InChI=1S/C24H21N3O3/c1-29-23-10-6-5-7-18(23)16-26-17-19(15-25)24(28)27-20-11-13-22(14-12-20)30-21-8-3-2-4-9-21/h2-14,17,26H,16H2,1H3,(H,27,28)/b19-17-. The maximum absolute atomic E-state index is 12.4. The van der Waals surface area contributed by atoms with E-state index in [0.29, 0.717) is 18.0 Å². The number of nitrogens with one attached hydrogen (secondary N) is 2. The van der Waals surface area contributed by atoms with Crippen LogP contribution in [-0.4, -0.2) is 13.0 Å². The number of benzene rings is 3. The van der Waals surface area contributed by atoms with Crippen LogP contribution in [0.1, 0.15) is 5.56 Å². The Labute approximate surface area is 175 Å². The first-order valence-electron chi connectivity index (χ1n) is 9.29.